The largest absolute Gasteiger partial charge is 0.390 e. The Balaban J connectivity index is 1.85. The van der Waals surface area contributed by atoms with Crippen molar-refractivity contribution in [2.75, 3.05) is 13.1 Å². The Hall–Kier alpha value is -0.850. The first kappa shape index (κ1) is 15.1. The fourth-order valence-electron chi connectivity index (χ4n) is 3.12. The summed E-state index contributed by atoms with van der Waals surface area (Å²) in [6.07, 6.45) is 4.79. The second kappa shape index (κ2) is 5.41. The molecule has 2 aliphatic rings. The molecule has 6 heteroatoms. The SMILES string of the molecule is CC(C)C1CCN(S(=O)(=O)c2cc(CO)n(C3CC3)c2)C1. The predicted molar refractivity (Wildman–Crippen MR) is 80.3 cm³/mol. The first-order valence-electron chi connectivity index (χ1n) is 7.75. The van der Waals surface area contributed by atoms with Crippen LogP contribution in [-0.2, 0) is 16.6 Å². The zero-order valence-electron chi connectivity index (χ0n) is 12.7. The maximum Gasteiger partial charge on any atom is 0.244 e. The summed E-state index contributed by atoms with van der Waals surface area (Å²) in [5.74, 6) is 0.955. The molecule has 1 saturated carbocycles. The second-order valence-electron chi connectivity index (χ2n) is 6.62. The number of aliphatic hydroxyl groups is 1. The average Bonchev–Trinajstić information content (AvgIpc) is 3.01. The molecule has 0 bridgehead atoms. The van der Waals surface area contributed by atoms with E-state index in [1.807, 2.05) is 4.57 Å². The van der Waals surface area contributed by atoms with E-state index in [0.29, 0.717) is 41.6 Å². The van der Waals surface area contributed by atoms with Crippen molar-refractivity contribution in [2.24, 2.45) is 11.8 Å². The Morgan fingerprint density at radius 2 is 2.05 bits per heavy atom. The third kappa shape index (κ3) is 2.76. The van der Waals surface area contributed by atoms with Crippen molar-refractivity contribution in [2.45, 2.75) is 50.7 Å². The molecular formula is C15H24N2O3S. The molecule has 1 aromatic rings. The Kier molecular flexibility index (Phi) is 3.88. The van der Waals surface area contributed by atoms with Gasteiger partial charge in [-0.05, 0) is 37.2 Å². The monoisotopic (exact) mass is 312 g/mol. The normalized spacial score (nSPS) is 24.1. The van der Waals surface area contributed by atoms with Gasteiger partial charge in [-0.15, -0.1) is 0 Å². The first-order valence-corrected chi connectivity index (χ1v) is 9.19. The summed E-state index contributed by atoms with van der Waals surface area (Å²) in [4.78, 5) is 0.336. The van der Waals surface area contributed by atoms with Gasteiger partial charge in [-0.25, -0.2) is 8.42 Å². The molecule has 0 radical (unpaired) electrons. The van der Waals surface area contributed by atoms with Crippen molar-refractivity contribution in [3.63, 3.8) is 0 Å². The lowest BCUT2D eigenvalue weighted by Gasteiger charge is -2.17. The first-order chi connectivity index (χ1) is 9.93. The van der Waals surface area contributed by atoms with Gasteiger partial charge >= 0.3 is 0 Å². The second-order valence-corrected chi connectivity index (χ2v) is 8.56. The van der Waals surface area contributed by atoms with E-state index >= 15 is 0 Å². The molecule has 118 valence electrons. The molecule has 2 heterocycles. The average molecular weight is 312 g/mol. The van der Waals surface area contributed by atoms with E-state index in [4.69, 9.17) is 0 Å². The van der Waals surface area contributed by atoms with Gasteiger partial charge in [-0.2, -0.15) is 4.31 Å². The molecule has 1 atom stereocenters. The molecule has 3 rings (SSSR count). The zero-order valence-corrected chi connectivity index (χ0v) is 13.5. The van der Waals surface area contributed by atoms with Crippen LogP contribution < -0.4 is 0 Å². The van der Waals surface area contributed by atoms with Crippen LogP contribution in [0.2, 0.25) is 0 Å². The predicted octanol–water partition coefficient (Wildman–Crippen LogP) is 1.98. The molecule has 1 aliphatic heterocycles. The molecule has 1 aliphatic carbocycles. The number of hydrogen-bond donors (Lipinski definition) is 1. The van der Waals surface area contributed by atoms with E-state index in [0.717, 1.165) is 19.3 Å². The molecule has 1 aromatic heterocycles. The highest BCUT2D eigenvalue weighted by Gasteiger charge is 2.35. The Morgan fingerprint density at radius 3 is 2.57 bits per heavy atom. The minimum atomic E-state index is -3.42. The van der Waals surface area contributed by atoms with Gasteiger partial charge in [0.25, 0.3) is 0 Å². The highest BCUT2D eigenvalue weighted by atomic mass is 32.2. The summed E-state index contributed by atoms with van der Waals surface area (Å²) in [6, 6.07) is 2.01. The molecule has 21 heavy (non-hydrogen) atoms. The Bertz CT molecular complexity index is 617. The van der Waals surface area contributed by atoms with Gasteiger partial charge in [0, 0.05) is 31.0 Å². The highest BCUT2D eigenvalue weighted by molar-refractivity contribution is 7.89. The number of hydrogen-bond acceptors (Lipinski definition) is 3. The lowest BCUT2D eigenvalue weighted by atomic mass is 9.96. The van der Waals surface area contributed by atoms with Gasteiger partial charge < -0.3 is 9.67 Å². The molecule has 5 nitrogen and oxygen atoms in total. The number of nitrogens with zero attached hydrogens (tertiary/aromatic N) is 2. The van der Waals surface area contributed by atoms with Crippen LogP contribution in [0.5, 0.6) is 0 Å². The fourth-order valence-corrected chi connectivity index (χ4v) is 4.69. The van der Waals surface area contributed by atoms with Crippen molar-refractivity contribution in [3.8, 4) is 0 Å². The van der Waals surface area contributed by atoms with Crippen LogP contribution in [0.25, 0.3) is 0 Å². The van der Waals surface area contributed by atoms with Crippen molar-refractivity contribution in [3.05, 3.63) is 18.0 Å². The summed E-state index contributed by atoms with van der Waals surface area (Å²) in [5.41, 5.74) is 0.704. The Labute approximate surface area is 126 Å². The van der Waals surface area contributed by atoms with Gasteiger partial charge in [0.05, 0.1) is 6.61 Å². The maximum absolute atomic E-state index is 12.8. The van der Waals surface area contributed by atoms with Crippen LogP contribution in [0.4, 0.5) is 0 Å². The van der Waals surface area contributed by atoms with Crippen molar-refractivity contribution in [1.29, 1.82) is 0 Å². The van der Waals surface area contributed by atoms with E-state index in [1.165, 1.54) is 0 Å². The maximum atomic E-state index is 12.8. The molecule has 1 N–H and O–H groups in total. The van der Waals surface area contributed by atoms with Crippen LogP contribution in [-0.4, -0.2) is 35.5 Å². The van der Waals surface area contributed by atoms with Crippen LogP contribution in [0.3, 0.4) is 0 Å². The summed E-state index contributed by atoms with van der Waals surface area (Å²) in [5, 5.41) is 9.43. The van der Waals surface area contributed by atoms with Crippen molar-refractivity contribution < 1.29 is 13.5 Å². The number of aromatic nitrogens is 1. The van der Waals surface area contributed by atoms with Gasteiger partial charge in [0.1, 0.15) is 4.90 Å². The number of sulfonamides is 1. The minimum Gasteiger partial charge on any atom is -0.390 e. The minimum absolute atomic E-state index is 0.110. The lowest BCUT2D eigenvalue weighted by molar-refractivity contribution is 0.270. The molecule has 0 spiro atoms. The standard InChI is InChI=1S/C15H24N2O3S/c1-11(2)12-5-6-16(8-12)21(19,20)15-7-14(10-18)17(9-15)13-3-4-13/h7,9,11-13,18H,3-6,8,10H2,1-2H3. The topological polar surface area (TPSA) is 62.5 Å². The van der Waals surface area contributed by atoms with E-state index in [-0.39, 0.29) is 6.61 Å². The van der Waals surface area contributed by atoms with Crippen LogP contribution in [0, 0.1) is 11.8 Å². The number of aliphatic hydroxyl groups excluding tert-OH is 1. The zero-order chi connectivity index (χ0) is 15.2. The van der Waals surface area contributed by atoms with Gasteiger partial charge in [0.2, 0.25) is 10.0 Å². The molecule has 1 saturated heterocycles. The summed E-state index contributed by atoms with van der Waals surface area (Å²) < 4.78 is 29.1. The third-order valence-corrected chi connectivity index (χ3v) is 6.61. The molecular weight excluding hydrogens is 288 g/mol. The third-order valence-electron chi connectivity index (χ3n) is 4.78. The fraction of sp³-hybridized carbons (Fsp3) is 0.733. The van der Waals surface area contributed by atoms with E-state index in [9.17, 15) is 13.5 Å². The quantitative estimate of drug-likeness (QED) is 0.904. The van der Waals surface area contributed by atoms with Crippen LogP contribution in [0.15, 0.2) is 17.2 Å². The number of rotatable bonds is 5. The Morgan fingerprint density at radius 1 is 1.33 bits per heavy atom. The van der Waals surface area contributed by atoms with Crippen LogP contribution in [0.1, 0.15) is 44.8 Å². The van der Waals surface area contributed by atoms with Gasteiger partial charge in [0.15, 0.2) is 0 Å². The summed E-state index contributed by atoms with van der Waals surface area (Å²) >= 11 is 0. The van der Waals surface area contributed by atoms with E-state index < -0.39 is 10.0 Å². The smallest absolute Gasteiger partial charge is 0.244 e. The molecule has 0 aromatic carbocycles. The van der Waals surface area contributed by atoms with E-state index in [2.05, 4.69) is 13.8 Å². The van der Waals surface area contributed by atoms with Gasteiger partial charge in [-0.3, -0.25) is 0 Å². The van der Waals surface area contributed by atoms with Crippen molar-refractivity contribution >= 4 is 10.0 Å². The van der Waals surface area contributed by atoms with Crippen molar-refractivity contribution in [1.82, 2.24) is 8.87 Å². The van der Waals surface area contributed by atoms with Gasteiger partial charge in [-0.1, -0.05) is 13.8 Å². The summed E-state index contributed by atoms with van der Waals surface area (Å²) in [6.45, 7) is 5.40. The van der Waals surface area contributed by atoms with E-state index in [1.54, 1.807) is 16.6 Å². The summed E-state index contributed by atoms with van der Waals surface area (Å²) in [7, 11) is -3.42. The van der Waals surface area contributed by atoms with Crippen LogP contribution >= 0.6 is 0 Å². The molecule has 1 unspecified atom stereocenters. The molecule has 2 fully saturated rings. The molecule has 0 amide bonds. The highest BCUT2D eigenvalue weighted by Crippen LogP contribution is 2.38. The lowest BCUT2D eigenvalue weighted by Crippen LogP contribution is -2.29.